The Morgan fingerprint density at radius 2 is 2.20 bits per heavy atom. The highest BCUT2D eigenvalue weighted by molar-refractivity contribution is 5.27. The summed E-state index contributed by atoms with van der Waals surface area (Å²) < 4.78 is 31.4. The van der Waals surface area contributed by atoms with Gasteiger partial charge in [-0.15, -0.1) is 0 Å². The van der Waals surface area contributed by atoms with Crippen molar-refractivity contribution in [3.63, 3.8) is 0 Å². The summed E-state index contributed by atoms with van der Waals surface area (Å²) in [7, 11) is 0. The zero-order chi connectivity index (χ0) is 11.1. The third-order valence-corrected chi connectivity index (χ3v) is 2.92. The Morgan fingerprint density at radius 1 is 1.47 bits per heavy atom. The molecule has 1 aromatic rings. The smallest absolute Gasteiger partial charge is 0.132 e. The number of ether oxygens (including phenoxy) is 1. The molecule has 1 heterocycles. The fourth-order valence-electron chi connectivity index (χ4n) is 1.93. The zero-order valence-electron chi connectivity index (χ0n) is 8.34. The van der Waals surface area contributed by atoms with E-state index in [0.29, 0.717) is 13.0 Å². The van der Waals surface area contributed by atoms with Gasteiger partial charge in [-0.05, 0) is 13.0 Å². The quantitative estimate of drug-likeness (QED) is 0.774. The van der Waals surface area contributed by atoms with Crippen LogP contribution >= 0.6 is 0 Å². The van der Waals surface area contributed by atoms with Gasteiger partial charge in [0.1, 0.15) is 17.2 Å². The lowest BCUT2D eigenvalue weighted by molar-refractivity contribution is -0.0340. The third-order valence-electron chi connectivity index (χ3n) is 2.92. The number of aliphatic hydroxyl groups is 1. The Morgan fingerprint density at radius 3 is 2.73 bits per heavy atom. The van der Waals surface area contributed by atoms with Crippen molar-refractivity contribution in [2.75, 3.05) is 6.61 Å². The van der Waals surface area contributed by atoms with E-state index in [0.717, 1.165) is 12.1 Å². The maximum absolute atomic E-state index is 13.5. The number of benzene rings is 1. The van der Waals surface area contributed by atoms with Crippen LogP contribution in [0.2, 0.25) is 0 Å². The van der Waals surface area contributed by atoms with Crippen molar-refractivity contribution in [3.05, 3.63) is 35.4 Å². The third kappa shape index (κ3) is 1.64. The van der Waals surface area contributed by atoms with Crippen molar-refractivity contribution in [3.8, 4) is 0 Å². The lowest BCUT2D eigenvalue weighted by atomic mass is 9.87. The van der Waals surface area contributed by atoms with E-state index in [1.54, 1.807) is 6.92 Å². The van der Waals surface area contributed by atoms with Crippen molar-refractivity contribution in [2.24, 2.45) is 0 Å². The fourth-order valence-corrected chi connectivity index (χ4v) is 1.93. The SMILES string of the molecule is CC1OCCC1(O)c1ccc(F)cc1F. The zero-order valence-corrected chi connectivity index (χ0v) is 8.34. The average molecular weight is 214 g/mol. The normalized spacial score (nSPS) is 30.8. The van der Waals surface area contributed by atoms with Gasteiger partial charge in [-0.3, -0.25) is 0 Å². The second-order valence-corrected chi connectivity index (χ2v) is 3.81. The number of halogens is 2. The molecule has 82 valence electrons. The van der Waals surface area contributed by atoms with Gasteiger partial charge in [0.15, 0.2) is 0 Å². The van der Waals surface area contributed by atoms with Gasteiger partial charge in [-0.1, -0.05) is 6.07 Å². The molecule has 1 aliphatic rings. The summed E-state index contributed by atoms with van der Waals surface area (Å²) in [6.07, 6.45) is -0.144. The second kappa shape index (κ2) is 3.54. The minimum atomic E-state index is -1.34. The molecule has 0 aromatic heterocycles. The van der Waals surface area contributed by atoms with E-state index in [2.05, 4.69) is 0 Å². The first kappa shape index (κ1) is 10.5. The Hall–Kier alpha value is -1.00. The van der Waals surface area contributed by atoms with E-state index < -0.39 is 23.3 Å². The van der Waals surface area contributed by atoms with Crippen molar-refractivity contribution < 1.29 is 18.6 Å². The largest absolute Gasteiger partial charge is 0.382 e. The van der Waals surface area contributed by atoms with Gasteiger partial charge in [0.05, 0.1) is 12.7 Å². The Balaban J connectivity index is 2.44. The van der Waals surface area contributed by atoms with Gasteiger partial charge in [0, 0.05) is 18.1 Å². The van der Waals surface area contributed by atoms with E-state index >= 15 is 0 Å². The monoisotopic (exact) mass is 214 g/mol. The highest BCUT2D eigenvalue weighted by Crippen LogP contribution is 2.37. The summed E-state index contributed by atoms with van der Waals surface area (Å²) in [6, 6.07) is 3.19. The van der Waals surface area contributed by atoms with Crippen molar-refractivity contribution in [1.82, 2.24) is 0 Å². The van der Waals surface area contributed by atoms with Gasteiger partial charge in [-0.2, -0.15) is 0 Å². The first-order chi connectivity index (χ1) is 7.04. The number of rotatable bonds is 1. The van der Waals surface area contributed by atoms with Crippen LogP contribution in [-0.2, 0) is 10.3 Å². The number of hydrogen-bond acceptors (Lipinski definition) is 2. The molecule has 1 aromatic carbocycles. The van der Waals surface area contributed by atoms with Crippen LogP contribution in [0.1, 0.15) is 18.9 Å². The van der Waals surface area contributed by atoms with Crippen LogP contribution in [-0.4, -0.2) is 17.8 Å². The molecule has 2 nitrogen and oxygen atoms in total. The first-order valence-electron chi connectivity index (χ1n) is 4.83. The molecule has 0 radical (unpaired) electrons. The maximum Gasteiger partial charge on any atom is 0.132 e. The molecule has 0 saturated carbocycles. The minimum Gasteiger partial charge on any atom is -0.382 e. The summed E-state index contributed by atoms with van der Waals surface area (Å²) in [5.41, 5.74) is -1.23. The standard InChI is InChI=1S/C11H12F2O2/c1-7-11(14,4-5-15-7)9-3-2-8(12)6-10(9)13/h2-3,6-7,14H,4-5H2,1H3. The van der Waals surface area contributed by atoms with Gasteiger partial charge < -0.3 is 9.84 Å². The van der Waals surface area contributed by atoms with Gasteiger partial charge in [-0.25, -0.2) is 8.78 Å². The summed E-state index contributed by atoms with van der Waals surface area (Å²) in [5.74, 6) is -1.37. The van der Waals surface area contributed by atoms with E-state index in [1.807, 2.05) is 0 Å². The molecule has 1 saturated heterocycles. The highest BCUT2D eigenvalue weighted by Gasteiger charge is 2.42. The molecular formula is C11H12F2O2. The summed E-state index contributed by atoms with van der Waals surface area (Å²) >= 11 is 0. The van der Waals surface area contributed by atoms with Gasteiger partial charge in [0.2, 0.25) is 0 Å². The molecule has 4 heteroatoms. The van der Waals surface area contributed by atoms with Crippen molar-refractivity contribution in [2.45, 2.75) is 25.0 Å². The molecular weight excluding hydrogens is 202 g/mol. The van der Waals surface area contributed by atoms with Gasteiger partial charge >= 0.3 is 0 Å². The predicted molar refractivity (Wildman–Crippen MR) is 50.3 cm³/mol. The molecule has 1 aliphatic heterocycles. The van der Waals surface area contributed by atoms with Crippen LogP contribution in [0.25, 0.3) is 0 Å². The van der Waals surface area contributed by atoms with Crippen LogP contribution in [0.4, 0.5) is 8.78 Å². The lowest BCUT2D eigenvalue weighted by Crippen LogP contribution is -2.34. The lowest BCUT2D eigenvalue weighted by Gasteiger charge is -2.26. The Labute approximate surface area is 86.5 Å². The molecule has 2 rings (SSSR count). The summed E-state index contributed by atoms with van der Waals surface area (Å²) in [4.78, 5) is 0. The van der Waals surface area contributed by atoms with E-state index in [-0.39, 0.29) is 5.56 Å². The topological polar surface area (TPSA) is 29.5 Å². The molecule has 0 bridgehead atoms. The minimum absolute atomic E-state index is 0.105. The molecule has 15 heavy (non-hydrogen) atoms. The predicted octanol–water partition coefficient (Wildman–Crippen LogP) is 1.96. The highest BCUT2D eigenvalue weighted by atomic mass is 19.1. The molecule has 2 atom stereocenters. The molecule has 2 unspecified atom stereocenters. The van der Waals surface area contributed by atoms with E-state index in [9.17, 15) is 13.9 Å². The molecule has 1 N–H and O–H groups in total. The van der Waals surface area contributed by atoms with Crippen molar-refractivity contribution in [1.29, 1.82) is 0 Å². The number of hydrogen-bond donors (Lipinski definition) is 1. The van der Waals surface area contributed by atoms with Crippen LogP contribution in [0, 0.1) is 11.6 Å². The Bertz CT molecular complexity index is 381. The van der Waals surface area contributed by atoms with Crippen LogP contribution in [0.5, 0.6) is 0 Å². The molecule has 0 amide bonds. The fraction of sp³-hybridized carbons (Fsp3) is 0.455. The molecule has 1 fully saturated rings. The average Bonchev–Trinajstić information content (AvgIpc) is 2.47. The molecule has 0 spiro atoms. The maximum atomic E-state index is 13.5. The summed E-state index contributed by atoms with van der Waals surface area (Å²) in [5, 5.41) is 10.2. The van der Waals surface area contributed by atoms with Crippen molar-refractivity contribution >= 4 is 0 Å². The van der Waals surface area contributed by atoms with E-state index in [1.165, 1.54) is 6.07 Å². The molecule has 0 aliphatic carbocycles. The van der Waals surface area contributed by atoms with Gasteiger partial charge in [0.25, 0.3) is 0 Å². The van der Waals surface area contributed by atoms with E-state index in [4.69, 9.17) is 4.74 Å². The van der Waals surface area contributed by atoms with Crippen LogP contribution < -0.4 is 0 Å². The van der Waals surface area contributed by atoms with Crippen LogP contribution in [0.15, 0.2) is 18.2 Å². The Kier molecular flexibility index (Phi) is 2.48. The second-order valence-electron chi connectivity index (χ2n) is 3.81. The first-order valence-corrected chi connectivity index (χ1v) is 4.83. The van der Waals surface area contributed by atoms with Crippen LogP contribution in [0.3, 0.4) is 0 Å². The summed E-state index contributed by atoms with van der Waals surface area (Å²) in [6.45, 7) is 2.06.